The third-order valence-electron chi connectivity index (χ3n) is 6.62. The maximum atomic E-state index is 13.3. The van der Waals surface area contributed by atoms with E-state index in [1.54, 1.807) is 11.3 Å². The minimum Gasteiger partial charge on any atom is -0.301 e. The monoisotopic (exact) mass is 340 g/mol. The van der Waals surface area contributed by atoms with E-state index < -0.39 is 0 Å². The number of fused-ring (bicyclic) bond motifs is 1. The van der Waals surface area contributed by atoms with Crippen molar-refractivity contribution in [2.45, 2.75) is 52.4 Å². The lowest BCUT2D eigenvalue weighted by atomic mass is 9.40. The molecule has 0 unspecified atom stereocenters. The summed E-state index contributed by atoms with van der Waals surface area (Å²) in [6.45, 7) is 4.82. The van der Waals surface area contributed by atoms with Gasteiger partial charge in [0.25, 0.3) is 0 Å². The highest BCUT2D eigenvalue weighted by atomic mass is 32.1. The fraction of sp³-hybridized carbons (Fsp3) is 0.600. The van der Waals surface area contributed by atoms with Crippen molar-refractivity contribution in [2.24, 2.45) is 22.2 Å². The number of rotatable bonds is 2. The Hall–Kier alpha value is -1.42. The van der Waals surface area contributed by atoms with E-state index in [2.05, 4.69) is 30.2 Å². The Morgan fingerprint density at radius 3 is 2.50 bits per heavy atom. The number of anilines is 1. The van der Waals surface area contributed by atoms with Crippen molar-refractivity contribution < 1.29 is 4.79 Å². The van der Waals surface area contributed by atoms with Gasteiger partial charge in [0.2, 0.25) is 5.91 Å². The number of hydrogen-bond donors (Lipinski definition) is 1. The van der Waals surface area contributed by atoms with E-state index in [9.17, 15) is 4.79 Å². The predicted molar refractivity (Wildman–Crippen MR) is 98.1 cm³/mol. The largest absolute Gasteiger partial charge is 0.301 e. The summed E-state index contributed by atoms with van der Waals surface area (Å²) < 4.78 is 1.14. The Balaban J connectivity index is 1.46. The summed E-state index contributed by atoms with van der Waals surface area (Å²) in [6.07, 6.45) is 7.13. The molecule has 4 bridgehead atoms. The second kappa shape index (κ2) is 4.60. The van der Waals surface area contributed by atoms with Gasteiger partial charge in [-0.05, 0) is 67.4 Å². The molecule has 24 heavy (non-hydrogen) atoms. The second-order valence-corrected chi connectivity index (χ2v) is 10.4. The summed E-state index contributed by atoms with van der Waals surface area (Å²) in [4.78, 5) is 17.9. The van der Waals surface area contributed by atoms with Crippen molar-refractivity contribution in [1.82, 2.24) is 4.98 Å². The number of carbonyl (C=O) groups excluding carboxylic acids is 1. The highest BCUT2D eigenvalue weighted by Crippen LogP contribution is 2.69. The summed E-state index contributed by atoms with van der Waals surface area (Å²) >= 11 is 1.58. The highest BCUT2D eigenvalue weighted by Gasteiger charge is 2.62. The minimum absolute atomic E-state index is 0.166. The maximum absolute atomic E-state index is 13.3. The van der Waals surface area contributed by atoms with E-state index in [0.717, 1.165) is 40.5 Å². The summed E-state index contributed by atoms with van der Waals surface area (Å²) in [7, 11) is 0. The molecule has 2 aromatic rings. The molecule has 4 heteroatoms. The smallest absolute Gasteiger partial charge is 0.232 e. The van der Waals surface area contributed by atoms with Gasteiger partial charge in [-0.1, -0.05) is 37.3 Å². The lowest BCUT2D eigenvalue weighted by Gasteiger charge is -2.64. The van der Waals surface area contributed by atoms with Crippen LogP contribution in [0.4, 0.5) is 5.13 Å². The molecule has 4 saturated carbocycles. The van der Waals surface area contributed by atoms with Crippen LogP contribution in [0.1, 0.15) is 52.4 Å². The standard InChI is InChI=1S/C20H24N2OS/c1-18-7-13-8-19(2,10-18)12-20(9-13,11-18)16(23)22-17-21-14-5-3-4-6-15(14)24-17/h3-6,13H,7-12H2,1-2H3,(H,21,22,23)/t13?,18-,19-,20?/m0/s1. The number of hydrogen-bond acceptors (Lipinski definition) is 3. The van der Waals surface area contributed by atoms with Gasteiger partial charge in [-0.25, -0.2) is 4.98 Å². The Kier molecular flexibility index (Phi) is 2.85. The van der Waals surface area contributed by atoms with Gasteiger partial charge in [0.05, 0.1) is 15.6 Å². The summed E-state index contributed by atoms with van der Waals surface area (Å²) in [5.74, 6) is 0.959. The Morgan fingerprint density at radius 1 is 1.12 bits per heavy atom. The average Bonchev–Trinajstić information content (AvgIpc) is 2.85. The van der Waals surface area contributed by atoms with Gasteiger partial charge in [0.15, 0.2) is 5.13 Å². The first-order valence-corrected chi connectivity index (χ1v) is 9.86. The molecule has 0 saturated heterocycles. The SMILES string of the molecule is C[C@@]12CC3CC(C(=O)Nc4nc5ccccc5s4)(C1)C[C@@](C)(C3)C2. The van der Waals surface area contributed by atoms with Crippen LogP contribution in [0.3, 0.4) is 0 Å². The van der Waals surface area contributed by atoms with Crippen molar-refractivity contribution in [2.75, 3.05) is 5.32 Å². The molecule has 1 amide bonds. The molecule has 1 N–H and O–H groups in total. The van der Waals surface area contributed by atoms with Crippen molar-refractivity contribution in [3.05, 3.63) is 24.3 Å². The molecule has 1 heterocycles. The topological polar surface area (TPSA) is 42.0 Å². The molecule has 0 radical (unpaired) electrons. The van der Waals surface area contributed by atoms with Crippen LogP contribution < -0.4 is 5.32 Å². The molecule has 4 aliphatic carbocycles. The Bertz CT molecular complexity index is 790. The lowest BCUT2D eigenvalue weighted by Crippen LogP contribution is -2.58. The fourth-order valence-corrected chi connectivity index (χ4v) is 7.72. The zero-order valence-corrected chi connectivity index (χ0v) is 15.2. The molecule has 0 spiro atoms. The summed E-state index contributed by atoms with van der Waals surface area (Å²) in [6, 6.07) is 8.09. The van der Waals surface area contributed by atoms with Crippen molar-refractivity contribution >= 4 is 32.6 Å². The predicted octanol–water partition coefficient (Wildman–Crippen LogP) is 5.23. The molecule has 126 valence electrons. The summed E-state index contributed by atoms with van der Waals surface area (Å²) in [5, 5.41) is 3.95. The number of carbonyl (C=O) groups is 1. The quantitative estimate of drug-likeness (QED) is 0.813. The van der Waals surface area contributed by atoms with Crippen molar-refractivity contribution in [1.29, 1.82) is 0 Å². The number of thiazole rings is 1. The molecule has 4 aliphatic rings. The van der Waals surface area contributed by atoms with E-state index in [-0.39, 0.29) is 11.3 Å². The molecule has 0 aliphatic heterocycles. The van der Waals surface area contributed by atoms with E-state index in [1.807, 2.05) is 18.2 Å². The zero-order chi connectivity index (χ0) is 16.6. The van der Waals surface area contributed by atoms with Crippen LogP contribution >= 0.6 is 11.3 Å². The molecule has 6 rings (SSSR count). The van der Waals surface area contributed by atoms with Gasteiger partial charge in [0.1, 0.15) is 0 Å². The van der Waals surface area contributed by atoms with Crippen molar-refractivity contribution in [3.63, 3.8) is 0 Å². The third kappa shape index (κ3) is 2.15. The van der Waals surface area contributed by atoms with Crippen LogP contribution in [-0.2, 0) is 4.79 Å². The first-order chi connectivity index (χ1) is 11.4. The number of aromatic nitrogens is 1. The molecule has 3 nitrogen and oxygen atoms in total. The molecule has 1 aromatic carbocycles. The molecule has 1 aromatic heterocycles. The Morgan fingerprint density at radius 2 is 1.83 bits per heavy atom. The van der Waals surface area contributed by atoms with Crippen molar-refractivity contribution in [3.8, 4) is 0 Å². The number of para-hydroxylation sites is 1. The molecular weight excluding hydrogens is 316 g/mol. The van der Waals surface area contributed by atoms with Gasteiger partial charge in [-0.15, -0.1) is 0 Å². The third-order valence-corrected chi connectivity index (χ3v) is 7.57. The first-order valence-electron chi connectivity index (χ1n) is 9.04. The lowest BCUT2D eigenvalue weighted by molar-refractivity contribution is -0.165. The van der Waals surface area contributed by atoms with Crippen LogP contribution in [0.5, 0.6) is 0 Å². The zero-order valence-electron chi connectivity index (χ0n) is 14.4. The van der Waals surface area contributed by atoms with Gasteiger partial charge in [0, 0.05) is 0 Å². The van der Waals surface area contributed by atoms with Crippen LogP contribution in [0.2, 0.25) is 0 Å². The van der Waals surface area contributed by atoms with E-state index in [1.165, 1.54) is 19.3 Å². The minimum atomic E-state index is -0.166. The average molecular weight is 340 g/mol. The van der Waals surface area contributed by atoms with Gasteiger partial charge in [-0.2, -0.15) is 0 Å². The number of amides is 1. The van der Waals surface area contributed by atoms with Gasteiger partial charge >= 0.3 is 0 Å². The van der Waals surface area contributed by atoms with E-state index in [0.29, 0.717) is 10.8 Å². The van der Waals surface area contributed by atoms with Crippen LogP contribution in [-0.4, -0.2) is 10.9 Å². The Labute approximate surface area is 146 Å². The maximum Gasteiger partial charge on any atom is 0.232 e. The highest BCUT2D eigenvalue weighted by molar-refractivity contribution is 7.22. The molecular formula is C20H24N2OS. The van der Waals surface area contributed by atoms with Gasteiger partial charge in [-0.3, -0.25) is 4.79 Å². The fourth-order valence-electron chi connectivity index (χ4n) is 6.86. The normalized spacial score (nSPS) is 40.2. The number of nitrogens with one attached hydrogen (secondary N) is 1. The van der Waals surface area contributed by atoms with Crippen LogP contribution in [0.25, 0.3) is 10.2 Å². The number of nitrogens with zero attached hydrogens (tertiary/aromatic N) is 1. The van der Waals surface area contributed by atoms with Crippen LogP contribution in [0, 0.1) is 22.2 Å². The molecule has 2 atom stereocenters. The van der Waals surface area contributed by atoms with E-state index >= 15 is 0 Å². The number of benzene rings is 1. The first kappa shape index (κ1) is 14.9. The van der Waals surface area contributed by atoms with Gasteiger partial charge < -0.3 is 5.32 Å². The second-order valence-electron chi connectivity index (χ2n) is 9.35. The van der Waals surface area contributed by atoms with E-state index in [4.69, 9.17) is 0 Å². The summed E-state index contributed by atoms with van der Waals surface area (Å²) in [5.41, 5.74) is 1.53. The van der Waals surface area contributed by atoms with Crippen LogP contribution in [0.15, 0.2) is 24.3 Å². The molecule has 4 fully saturated rings.